The molecular weight excluding hydrogens is 301 g/mol. The maximum absolute atomic E-state index is 13.2. The monoisotopic (exact) mass is 315 g/mol. The van der Waals surface area contributed by atoms with Gasteiger partial charge in [-0.3, -0.25) is 4.79 Å². The van der Waals surface area contributed by atoms with E-state index in [-0.39, 0.29) is 24.1 Å². The normalized spacial score (nSPS) is 27.4. The fourth-order valence-corrected chi connectivity index (χ4v) is 2.42. The molecule has 1 aliphatic heterocycles. The van der Waals surface area contributed by atoms with Gasteiger partial charge >= 0.3 is 0 Å². The van der Waals surface area contributed by atoms with Gasteiger partial charge in [-0.1, -0.05) is 15.9 Å². The fraction of sp³-hybridized carbons (Fsp3) is 0.462. The van der Waals surface area contributed by atoms with Crippen molar-refractivity contribution >= 4 is 21.7 Å². The zero-order valence-electron chi connectivity index (χ0n) is 10.1. The van der Waals surface area contributed by atoms with Crippen LogP contribution >= 0.6 is 15.9 Å². The maximum Gasteiger partial charge on any atom is 0.147 e. The molecule has 98 valence electrons. The maximum atomic E-state index is 13.2. The average Bonchev–Trinajstić information content (AvgIpc) is 2.66. The smallest absolute Gasteiger partial charge is 0.147 e. The van der Waals surface area contributed by atoms with E-state index in [0.29, 0.717) is 18.8 Å². The Balaban J connectivity index is 2.19. The summed E-state index contributed by atoms with van der Waals surface area (Å²) < 4.78 is 19.1. The minimum absolute atomic E-state index is 0.0150. The number of ether oxygens (including phenoxy) is 1. The number of carbonyl (C=O) groups excluding carboxylic acids is 1. The van der Waals surface area contributed by atoms with Crippen molar-refractivity contribution in [2.75, 3.05) is 13.2 Å². The molecule has 0 radical (unpaired) electrons. The number of nitrogens with two attached hydrogens (primary N) is 1. The highest BCUT2D eigenvalue weighted by Crippen LogP contribution is 2.30. The molecule has 0 spiro atoms. The third kappa shape index (κ3) is 2.48. The molecule has 0 amide bonds. The van der Waals surface area contributed by atoms with E-state index in [2.05, 4.69) is 15.9 Å². The van der Waals surface area contributed by atoms with E-state index in [1.165, 1.54) is 12.1 Å². The van der Waals surface area contributed by atoms with Crippen molar-refractivity contribution < 1.29 is 13.9 Å². The van der Waals surface area contributed by atoms with Gasteiger partial charge in [-0.05, 0) is 30.7 Å². The highest BCUT2D eigenvalue weighted by atomic mass is 79.9. The predicted octanol–water partition coefficient (Wildman–Crippen LogP) is 2.06. The van der Waals surface area contributed by atoms with Gasteiger partial charge in [-0.25, -0.2) is 4.39 Å². The van der Waals surface area contributed by atoms with Gasteiger partial charge in [0, 0.05) is 16.9 Å². The Morgan fingerprint density at radius 3 is 3.00 bits per heavy atom. The molecule has 1 heterocycles. The Bertz CT molecular complexity index is 480. The first-order chi connectivity index (χ1) is 8.43. The average molecular weight is 316 g/mol. The minimum Gasteiger partial charge on any atom is -0.379 e. The molecule has 1 aromatic carbocycles. The Kier molecular flexibility index (Phi) is 3.84. The summed E-state index contributed by atoms with van der Waals surface area (Å²) in [4.78, 5) is 12.3. The van der Waals surface area contributed by atoms with Crippen LogP contribution in [0.25, 0.3) is 0 Å². The van der Waals surface area contributed by atoms with E-state index in [9.17, 15) is 9.18 Å². The van der Waals surface area contributed by atoms with Gasteiger partial charge in [0.05, 0.1) is 18.6 Å². The number of carbonyl (C=O) groups is 1. The number of benzene rings is 1. The second-order valence-corrected chi connectivity index (χ2v) is 5.73. The van der Waals surface area contributed by atoms with E-state index in [1.807, 2.05) is 0 Å². The number of hydrogen-bond acceptors (Lipinski definition) is 3. The van der Waals surface area contributed by atoms with Crippen LogP contribution in [0.15, 0.2) is 22.7 Å². The highest BCUT2D eigenvalue weighted by molar-refractivity contribution is 9.10. The molecule has 0 bridgehead atoms. The van der Waals surface area contributed by atoms with E-state index in [4.69, 9.17) is 10.5 Å². The van der Waals surface area contributed by atoms with E-state index < -0.39 is 5.41 Å². The molecule has 0 aliphatic carbocycles. The lowest BCUT2D eigenvalue weighted by molar-refractivity contribution is -0.127. The van der Waals surface area contributed by atoms with Crippen molar-refractivity contribution in [2.45, 2.75) is 19.4 Å². The van der Waals surface area contributed by atoms with E-state index >= 15 is 0 Å². The van der Waals surface area contributed by atoms with E-state index in [1.54, 1.807) is 13.0 Å². The highest BCUT2D eigenvalue weighted by Gasteiger charge is 2.43. The Labute approximate surface area is 114 Å². The van der Waals surface area contributed by atoms with Crippen molar-refractivity contribution in [3.8, 4) is 0 Å². The Morgan fingerprint density at radius 2 is 2.39 bits per heavy atom. The van der Waals surface area contributed by atoms with Crippen LogP contribution in [0, 0.1) is 11.2 Å². The molecule has 2 atom stereocenters. The lowest BCUT2D eigenvalue weighted by atomic mass is 9.79. The summed E-state index contributed by atoms with van der Waals surface area (Å²) in [7, 11) is 0. The Hall–Kier alpha value is -0.780. The second-order valence-electron chi connectivity index (χ2n) is 4.87. The largest absolute Gasteiger partial charge is 0.379 e. The van der Waals surface area contributed by atoms with Crippen LogP contribution in [0.5, 0.6) is 0 Å². The quantitative estimate of drug-likeness (QED) is 0.929. The van der Waals surface area contributed by atoms with Gasteiger partial charge in [0.1, 0.15) is 11.6 Å². The third-order valence-corrected chi connectivity index (χ3v) is 4.29. The summed E-state index contributed by atoms with van der Waals surface area (Å²) in [5.74, 6) is -0.364. The number of hydrogen-bond donors (Lipinski definition) is 1. The number of halogens is 2. The van der Waals surface area contributed by atoms with Crippen molar-refractivity contribution in [1.82, 2.24) is 0 Å². The van der Waals surface area contributed by atoms with Gasteiger partial charge in [-0.2, -0.15) is 0 Å². The minimum atomic E-state index is -0.675. The molecule has 1 aromatic rings. The number of rotatable bonds is 3. The van der Waals surface area contributed by atoms with Crippen molar-refractivity contribution in [2.24, 2.45) is 11.1 Å². The molecule has 2 rings (SSSR count). The van der Waals surface area contributed by atoms with Crippen LogP contribution in [0.1, 0.15) is 12.5 Å². The number of Topliss-reactive ketones (excluding diaryl/α,β-unsaturated/α-hetero) is 1. The molecular formula is C13H15BrFNO2. The SMILES string of the molecule is CC1(C(=O)Cc2cc(F)ccc2Br)COCC1N. The standard InChI is InChI=1S/C13H15BrFNO2/c1-13(7-18-6-11(13)16)12(17)5-8-4-9(15)2-3-10(8)14/h2-4,11H,5-7,16H2,1H3. The molecule has 3 nitrogen and oxygen atoms in total. The van der Waals surface area contributed by atoms with Crippen LogP contribution < -0.4 is 5.73 Å². The molecule has 18 heavy (non-hydrogen) atoms. The zero-order chi connectivity index (χ0) is 13.3. The molecule has 0 aromatic heterocycles. The summed E-state index contributed by atoms with van der Waals surface area (Å²) in [5.41, 5.74) is 5.87. The molecule has 2 N–H and O–H groups in total. The molecule has 1 saturated heterocycles. The van der Waals surface area contributed by atoms with Crippen LogP contribution in [0.4, 0.5) is 4.39 Å². The Morgan fingerprint density at radius 1 is 1.67 bits per heavy atom. The second kappa shape index (κ2) is 5.07. The van der Waals surface area contributed by atoms with Crippen molar-refractivity contribution in [3.63, 3.8) is 0 Å². The van der Waals surface area contributed by atoms with Crippen LogP contribution in [-0.4, -0.2) is 25.0 Å². The van der Waals surface area contributed by atoms with Crippen LogP contribution in [0.2, 0.25) is 0 Å². The summed E-state index contributed by atoms with van der Waals surface area (Å²) in [6, 6.07) is 4.03. The lowest BCUT2D eigenvalue weighted by Crippen LogP contribution is -2.45. The first-order valence-electron chi connectivity index (χ1n) is 5.74. The van der Waals surface area contributed by atoms with Gasteiger partial charge < -0.3 is 10.5 Å². The summed E-state index contributed by atoms with van der Waals surface area (Å²) in [5, 5.41) is 0. The van der Waals surface area contributed by atoms with Gasteiger partial charge in [0.2, 0.25) is 0 Å². The molecule has 2 unspecified atom stereocenters. The molecule has 1 aliphatic rings. The van der Waals surface area contributed by atoms with Crippen LogP contribution in [-0.2, 0) is 16.0 Å². The lowest BCUT2D eigenvalue weighted by Gasteiger charge is -2.25. The topological polar surface area (TPSA) is 52.3 Å². The molecule has 1 fully saturated rings. The summed E-state index contributed by atoms with van der Waals surface area (Å²) in [6.07, 6.45) is 0.159. The number of ketones is 1. The van der Waals surface area contributed by atoms with Crippen molar-refractivity contribution in [3.05, 3.63) is 34.1 Å². The summed E-state index contributed by atoms with van der Waals surface area (Å²) >= 11 is 3.32. The predicted molar refractivity (Wildman–Crippen MR) is 69.7 cm³/mol. The van der Waals surface area contributed by atoms with Crippen LogP contribution in [0.3, 0.4) is 0 Å². The first-order valence-corrected chi connectivity index (χ1v) is 6.53. The van der Waals surface area contributed by atoms with Gasteiger partial charge in [0.25, 0.3) is 0 Å². The van der Waals surface area contributed by atoms with Gasteiger partial charge in [0.15, 0.2) is 0 Å². The third-order valence-electron chi connectivity index (χ3n) is 3.51. The van der Waals surface area contributed by atoms with E-state index in [0.717, 1.165) is 4.47 Å². The molecule has 0 saturated carbocycles. The zero-order valence-corrected chi connectivity index (χ0v) is 11.7. The first kappa shape index (κ1) is 13.6. The van der Waals surface area contributed by atoms with Gasteiger partial charge in [-0.15, -0.1) is 0 Å². The summed E-state index contributed by atoms with van der Waals surface area (Å²) in [6.45, 7) is 2.53. The fourth-order valence-electron chi connectivity index (χ4n) is 2.03. The molecule has 5 heteroatoms. The van der Waals surface area contributed by atoms with Crippen molar-refractivity contribution in [1.29, 1.82) is 0 Å².